The van der Waals surface area contributed by atoms with Crippen molar-refractivity contribution in [1.82, 2.24) is 9.80 Å². The molecule has 7 heteroatoms. The van der Waals surface area contributed by atoms with Crippen molar-refractivity contribution in [1.29, 1.82) is 0 Å². The Kier molecular flexibility index (Phi) is 7.13. The molecule has 5 nitrogen and oxygen atoms in total. The second kappa shape index (κ2) is 10.0. The van der Waals surface area contributed by atoms with Gasteiger partial charge < -0.3 is 14.5 Å². The Morgan fingerprint density at radius 3 is 2.69 bits per heavy atom. The molecule has 32 heavy (non-hydrogen) atoms. The van der Waals surface area contributed by atoms with Gasteiger partial charge in [0.25, 0.3) is 0 Å². The van der Waals surface area contributed by atoms with Crippen LogP contribution in [0.2, 0.25) is 0 Å². The Bertz CT molecular complexity index is 941. The fourth-order valence-corrected chi connectivity index (χ4v) is 5.09. The molecule has 1 saturated carbocycles. The van der Waals surface area contributed by atoms with Crippen LogP contribution in [0.1, 0.15) is 49.6 Å². The number of amides is 2. The summed E-state index contributed by atoms with van der Waals surface area (Å²) < 4.78 is 19.2. The summed E-state index contributed by atoms with van der Waals surface area (Å²) in [6, 6.07) is 7.77. The summed E-state index contributed by atoms with van der Waals surface area (Å²) in [5.74, 6) is 0.789. The molecule has 1 aliphatic carbocycles. The van der Waals surface area contributed by atoms with Crippen LogP contribution in [0.25, 0.3) is 0 Å². The van der Waals surface area contributed by atoms with E-state index in [1.807, 2.05) is 4.90 Å². The molecule has 0 spiro atoms. The van der Waals surface area contributed by atoms with Gasteiger partial charge in [-0.1, -0.05) is 20.3 Å². The first-order chi connectivity index (χ1) is 15.5. The average molecular weight is 459 g/mol. The molecule has 2 aromatic rings. The number of carbonyl (C=O) groups excluding carboxylic acids is 2. The lowest BCUT2D eigenvalue weighted by Gasteiger charge is -2.37. The van der Waals surface area contributed by atoms with E-state index in [4.69, 9.17) is 4.74 Å². The monoisotopic (exact) mass is 458 g/mol. The van der Waals surface area contributed by atoms with Gasteiger partial charge >= 0.3 is 0 Å². The highest BCUT2D eigenvalue weighted by atomic mass is 32.1. The number of hydrogen-bond donors (Lipinski definition) is 0. The van der Waals surface area contributed by atoms with Crippen molar-refractivity contribution in [2.24, 2.45) is 11.8 Å². The smallest absolute Gasteiger partial charge is 0.242 e. The maximum Gasteiger partial charge on any atom is 0.242 e. The number of rotatable bonds is 9. The minimum Gasteiger partial charge on any atom is -0.491 e. The second-order valence-corrected chi connectivity index (χ2v) is 9.92. The maximum absolute atomic E-state index is 13.5. The van der Waals surface area contributed by atoms with E-state index in [1.165, 1.54) is 17.0 Å². The zero-order chi connectivity index (χ0) is 22.7. The van der Waals surface area contributed by atoms with Crippen LogP contribution in [0.4, 0.5) is 4.39 Å². The number of hydrogen-bond acceptors (Lipinski definition) is 4. The Morgan fingerprint density at radius 1 is 1.25 bits per heavy atom. The quantitative estimate of drug-likeness (QED) is 0.548. The van der Waals surface area contributed by atoms with Gasteiger partial charge in [0.1, 0.15) is 18.2 Å². The Morgan fingerprint density at radius 2 is 2.00 bits per heavy atom. The third-order valence-corrected chi connectivity index (χ3v) is 7.43. The standard InChI is InChI=1S/C25H31FN2O3S/c1-3-17(2)14-27(25(30)18-4-5-18)15-24(29)28-12-10-23-21(11-13-32-23)22(28)16-31-20-8-6-19(26)7-9-20/h6-9,11,13,17-18,22H,3-5,10,12,14-16H2,1-2H3/t17-,22-/m0/s1. The van der Waals surface area contributed by atoms with E-state index in [2.05, 4.69) is 25.3 Å². The Balaban J connectivity index is 1.49. The van der Waals surface area contributed by atoms with Gasteiger partial charge in [0.05, 0.1) is 12.6 Å². The average Bonchev–Trinajstić information content (AvgIpc) is 3.53. The number of ether oxygens (including phenoxy) is 1. The molecule has 0 saturated heterocycles. The third kappa shape index (κ3) is 5.31. The lowest BCUT2D eigenvalue weighted by Crippen LogP contribution is -2.48. The van der Waals surface area contributed by atoms with Crippen molar-refractivity contribution in [2.75, 3.05) is 26.2 Å². The summed E-state index contributed by atoms with van der Waals surface area (Å²) in [4.78, 5) is 31.2. The van der Waals surface area contributed by atoms with Crippen molar-refractivity contribution in [3.63, 3.8) is 0 Å². The molecule has 0 N–H and O–H groups in total. The van der Waals surface area contributed by atoms with Crippen LogP contribution in [0, 0.1) is 17.7 Å². The van der Waals surface area contributed by atoms with Crippen molar-refractivity contribution in [3.8, 4) is 5.75 Å². The van der Waals surface area contributed by atoms with Gasteiger partial charge in [0, 0.05) is 23.9 Å². The molecule has 1 aliphatic heterocycles. The van der Waals surface area contributed by atoms with Crippen LogP contribution in [0.3, 0.4) is 0 Å². The number of thiophene rings is 1. The fraction of sp³-hybridized carbons (Fsp3) is 0.520. The molecule has 0 unspecified atom stereocenters. The number of benzene rings is 1. The summed E-state index contributed by atoms with van der Waals surface area (Å²) >= 11 is 1.70. The van der Waals surface area contributed by atoms with Crippen molar-refractivity contribution < 1.29 is 18.7 Å². The van der Waals surface area contributed by atoms with Crippen molar-refractivity contribution in [3.05, 3.63) is 52.0 Å². The summed E-state index contributed by atoms with van der Waals surface area (Å²) in [7, 11) is 0. The Hall–Kier alpha value is -2.41. The minimum absolute atomic E-state index is 0.0353. The van der Waals surface area contributed by atoms with Gasteiger partial charge in [-0.15, -0.1) is 11.3 Å². The summed E-state index contributed by atoms with van der Waals surface area (Å²) in [5, 5.41) is 2.05. The van der Waals surface area contributed by atoms with Gasteiger partial charge in [-0.05, 0) is 66.5 Å². The molecule has 1 aromatic carbocycles. The van der Waals surface area contributed by atoms with Crippen LogP contribution in [-0.4, -0.2) is 47.9 Å². The molecule has 2 atom stereocenters. The molecule has 2 aliphatic rings. The molecular weight excluding hydrogens is 427 g/mol. The highest BCUT2D eigenvalue weighted by Gasteiger charge is 2.37. The second-order valence-electron chi connectivity index (χ2n) is 8.92. The van der Waals surface area contributed by atoms with Crippen LogP contribution in [-0.2, 0) is 16.0 Å². The zero-order valence-electron chi connectivity index (χ0n) is 18.8. The van der Waals surface area contributed by atoms with Gasteiger partial charge in [0.15, 0.2) is 0 Å². The van der Waals surface area contributed by atoms with Gasteiger partial charge in [-0.25, -0.2) is 4.39 Å². The van der Waals surface area contributed by atoms with E-state index in [1.54, 1.807) is 28.4 Å². The maximum atomic E-state index is 13.5. The van der Waals surface area contributed by atoms with Crippen LogP contribution >= 0.6 is 11.3 Å². The van der Waals surface area contributed by atoms with Crippen LogP contribution in [0.15, 0.2) is 35.7 Å². The molecule has 2 amide bonds. The first-order valence-electron chi connectivity index (χ1n) is 11.5. The number of nitrogens with zero attached hydrogens (tertiary/aromatic N) is 2. The zero-order valence-corrected chi connectivity index (χ0v) is 19.6. The molecule has 0 bridgehead atoms. The third-order valence-electron chi connectivity index (χ3n) is 6.43. The molecule has 1 fully saturated rings. The van der Waals surface area contributed by atoms with Crippen LogP contribution in [0.5, 0.6) is 5.75 Å². The molecule has 1 aromatic heterocycles. The number of carbonyl (C=O) groups is 2. The molecular formula is C25H31FN2O3S. The van der Waals surface area contributed by atoms with E-state index >= 15 is 0 Å². The number of halogens is 1. The highest BCUT2D eigenvalue weighted by molar-refractivity contribution is 7.10. The van der Waals surface area contributed by atoms with Gasteiger partial charge in [0.2, 0.25) is 11.8 Å². The largest absolute Gasteiger partial charge is 0.491 e. The van der Waals surface area contributed by atoms with Crippen molar-refractivity contribution >= 4 is 23.2 Å². The SMILES string of the molecule is CC[C@H](C)CN(CC(=O)N1CCc2sccc2[C@@H]1COc1ccc(F)cc1)C(=O)C1CC1. The molecule has 0 radical (unpaired) electrons. The van der Waals surface area contributed by atoms with Crippen LogP contribution < -0.4 is 4.74 Å². The fourth-order valence-electron chi connectivity index (χ4n) is 4.16. The summed E-state index contributed by atoms with van der Waals surface area (Å²) in [6.45, 7) is 5.87. The molecule has 4 rings (SSSR count). The summed E-state index contributed by atoms with van der Waals surface area (Å²) in [5.41, 5.74) is 1.11. The topological polar surface area (TPSA) is 49.9 Å². The van der Waals surface area contributed by atoms with E-state index in [9.17, 15) is 14.0 Å². The van der Waals surface area contributed by atoms with Crippen molar-refractivity contribution in [2.45, 2.75) is 45.6 Å². The van der Waals surface area contributed by atoms with E-state index in [-0.39, 0.29) is 36.1 Å². The summed E-state index contributed by atoms with van der Waals surface area (Å²) in [6.07, 6.45) is 3.65. The van der Waals surface area contributed by atoms with Gasteiger partial charge in [-0.3, -0.25) is 9.59 Å². The van der Waals surface area contributed by atoms with Gasteiger partial charge in [-0.2, -0.15) is 0 Å². The van der Waals surface area contributed by atoms with E-state index in [0.29, 0.717) is 31.4 Å². The minimum atomic E-state index is -0.311. The molecule has 2 heterocycles. The first kappa shape index (κ1) is 22.8. The predicted molar refractivity (Wildman–Crippen MR) is 123 cm³/mol. The van der Waals surface area contributed by atoms with E-state index < -0.39 is 0 Å². The van der Waals surface area contributed by atoms with E-state index in [0.717, 1.165) is 31.2 Å². The lowest BCUT2D eigenvalue weighted by molar-refractivity contribution is -0.143. The predicted octanol–water partition coefficient (Wildman–Crippen LogP) is 4.68. The molecule has 172 valence electrons. The first-order valence-corrected chi connectivity index (χ1v) is 12.4. The normalized spacial score (nSPS) is 18.7. The Labute approximate surface area is 193 Å². The highest BCUT2D eigenvalue weighted by Crippen LogP contribution is 2.35. The number of fused-ring (bicyclic) bond motifs is 1. The lowest BCUT2D eigenvalue weighted by atomic mass is 10.00.